The van der Waals surface area contributed by atoms with Crippen LogP contribution in [0.1, 0.15) is 30.9 Å². The normalized spacial score (nSPS) is 17.9. The van der Waals surface area contributed by atoms with E-state index in [-0.39, 0.29) is 16.7 Å². The van der Waals surface area contributed by atoms with Gasteiger partial charge in [0.2, 0.25) is 5.91 Å². The predicted octanol–water partition coefficient (Wildman–Crippen LogP) is 5.17. The van der Waals surface area contributed by atoms with Crippen molar-refractivity contribution >= 4 is 45.7 Å². The van der Waals surface area contributed by atoms with Gasteiger partial charge in [-0.2, -0.15) is 0 Å². The predicted molar refractivity (Wildman–Crippen MR) is 132 cm³/mol. The molecule has 0 aromatic heterocycles. The van der Waals surface area contributed by atoms with Crippen LogP contribution >= 0.6 is 23.4 Å². The highest BCUT2D eigenvalue weighted by Gasteiger charge is 2.39. The van der Waals surface area contributed by atoms with E-state index < -0.39 is 11.5 Å². The van der Waals surface area contributed by atoms with Crippen LogP contribution < -0.4 is 5.32 Å². The third-order valence-electron chi connectivity index (χ3n) is 5.80. The first-order valence-electron chi connectivity index (χ1n) is 10.7. The zero-order valence-corrected chi connectivity index (χ0v) is 19.8. The number of hydrogen-bond acceptors (Lipinski definition) is 5. The maximum absolute atomic E-state index is 13.4. The van der Waals surface area contributed by atoms with Crippen molar-refractivity contribution in [2.75, 3.05) is 30.7 Å². The first-order valence-corrected chi connectivity index (χ1v) is 12.1. The SMILES string of the molecule is CCN1CCC2(CC1)N=C(SCC(=O)Nc1ccc(F)c(Cl)c1)C(c1ccc(C)cc1)=N2. The van der Waals surface area contributed by atoms with Crippen LogP contribution in [0, 0.1) is 12.7 Å². The molecule has 1 fully saturated rings. The number of thioether (sulfide) groups is 1. The highest BCUT2D eigenvalue weighted by atomic mass is 35.5. The fourth-order valence-electron chi connectivity index (χ4n) is 3.88. The van der Waals surface area contributed by atoms with E-state index in [4.69, 9.17) is 21.6 Å². The summed E-state index contributed by atoms with van der Waals surface area (Å²) in [6.45, 7) is 7.19. The van der Waals surface area contributed by atoms with Crippen LogP contribution in [0.25, 0.3) is 0 Å². The van der Waals surface area contributed by atoms with Crippen LogP contribution in [-0.4, -0.2) is 52.6 Å². The number of aliphatic imine (C=N–C) groups is 2. The number of carbonyl (C=O) groups excluding carboxylic acids is 1. The molecule has 2 aromatic carbocycles. The first-order chi connectivity index (χ1) is 15.4. The van der Waals surface area contributed by atoms with E-state index in [1.807, 2.05) is 0 Å². The minimum atomic E-state index is -0.516. The molecule has 1 saturated heterocycles. The Morgan fingerprint density at radius 1 is 1.19 bits per heavy atom. The molecule has 0 atom stereocenters. The van der Waals surface area contributed by atoms with Gasteiger partial charge >= 0.3 is 0 Å². The Labute approximate surface area is 197 Å². The number of amides is 1. The van der Waals surface area contributed by atoms with Gasteiger partial charge in [0.25, 0.3) is 0 Å². The lowest BCUT2D eigenvalue weighted by molar-refractivity contribution is -0.113. The second-order valence-electron chi connectivity index (χ2n) is 8.13. The number of likely N-dealkylation sites (tertiary alicyclic amines) is 1. The Bertz CT molecular complexity index is 1060. The fraction of sp³-hybridized carbons (Fsp3) is 0.375. The summed E-state index contributed by atoms with van der Waals surface area (Å²) in [4.78, 5) is 25.1. The van der Waals surface area contributed by atoms with Crippen molar-refractivity contribution in [3.8, 4) is 0 Å². The third-order valence-corrected chi connectivity index (χ3v) is 7.06. The zero-order valence-electron chi connectivity index (χ0n) is 18.2. The number of nitrogens with zero attached hydrogens (tertiary/aromatic N) is 3. The summed E-state index contributed by atoms with van der Waals surface area (Å²) in [6, 6.07) is 12.4. The topological polar surface area (TPSA) is 57.1 Å². The number of anilines is 1. The van der Waals surface area contributed by atoms with Gasteiger partial charge < -0.3 is 10.2 Å². The van der Waals surface area contributed by atoms with E-state index >= 15 is 0 Å². The van der Waals surface area contributed by atoms with E-state index in [1.54, 1.807) is 0 Å². The van der Waals surface area contributed by atoms with E-state index in [2.05, 4.69) is 48.3 Å². The molecule has 0 radical (unpaired) electrons. The van der Waals surface area contributed by atoms with Gasteiger partial charge in [-0.25, -0.2) is 9.38 Å². The van der Waals surface area contributed by atoms with Crippen molar-refractivity contribution in [1.82, 2.24) is 4.90 Å². The standard InChI is InChI=1S/C24H26ClFN4OS/c1-3-30-12-10-24(11-13-30)28-22(17-6-4-16(2)5-7-17)23(29-24)32-15-21(31)27-18-8-9-20(26)19(25)14-18/h4-9,14H,3,10-13,15H2,1-2H3,(H,27,31). The monoisotopic (exact) mass is 472 g/mol. The Kier molecular flexibility index (Phi) is 6.98. The molecular formula is C24H26ClFN4OS. The van der Waals surface area contributed by atoms with Gasteiger partial charge in [0.15, 0.2) is 5.66 Å². The molecule has 0 saturated carbocycles. The number of carbonyl (C=O) groups is 1. The van der Waals surface area contributed by atoms with Crippen molar-refractivity contribution < 1.29 is 9.18 Å². The lowest BCUT2D eigenvalue weighted by Gasteiger charge is -2.34. The summed E-state index contributed by atoms with van der Waals surface area (Å²) < 4.78 is 13.4. The van der Waals surface area contributed by atoms with Gasteiger partial charge in [-0.3, -0.25) is 9.79 Å². The smallest absolute Gasteiger partial charge is 0.234 e. The second-order valence-corrected chi connectivity index (χ2v) is 9.50. The van der Waals surface area contributed by atoms with Crippen molar-refractivity contribution in [3.63, 3.8) is 0 Å². The summed E-state index contributed by atoms with van der Waals surface area (Å²) in [5.41, 5.74) is 3.09. The number of benzene rings is 2. The fourth-order valence-corrected chi connectivity index (χ4v) is 4.93. The summed E-state index contributed by atoms with van der Waals surface area (Å²) in [5, 5.41) is 3.54. The summed E-state index contributed by atoms with van der Waals surface area (Å²) in [7, 11) is 0. The average molecular weight is 473 g/mol. The lowest BCUT2D eigenvalue weighted by atomic mass is 9.98. The summed E-state index contributed by atoms with van der Waals surface area (Å²) in [6.07, 6.45) is 1.75. The van der Waals surface area contributed by atoms with Gasteiger partial charge in [-0.15, -0.1) is 0 Å². The van der Waals surface area contributed by atoms with Gasteiger partial charge in [-0.1, -0.05) is 60.1 Å². The Balaban J connectivity index is 1.50. The van der Waals surface area contributed by atoms with E-state index in [0.717, 1.165) is 48.8 Å². The van der Waals surface area contributed by atoms with E-state index in [0.29, 0.717) is 5.69 Å². The quantitative estimate of drug-likeness (QED) is 0.652. The summed E-state index contributed by atoms with van der Waals surface area (Å²) >= 11 is 7.20. The molecule has 0 aliphatic carbocycles. The molecule has 2 aliphatic rings. The first kappa shape index (κ1) is 23.0. The number of aryl methyl sites for hydroxylation is 1. The molecular weight excluding hydrogens is 447 g/mol. The average Bonchev–Trinajstić information content (AvgIpc) is 3.14. The van der Waals surface area contributed by atoms with Crippen LogP contribution in [-0.2, 0) is 4.79 Å². The zero-order chi connectivity index (χ0) is 22.7. The minimum absolute atomic E-state index is 0.0234. The molecule has 2 aliphatic heterocycles. The second kappa shape index (κ2) is 9.73. The Morgan fingerprint density at radius 3 is 2.56 bits per heavy atom. The van der Waals surface area contributed by atoms with E-state index in [9.17, 15) is 9.18 Å². The Morgan fingerprint density at radius 2 is 1.91 bits per heavy atom. The van der Waals surface area contributed by atoms with Gasteiger partial charge in [-0.05, 0) is 31.7 Å². The molecule has 2 heterocycles. The molecule has 5 nitrogen and oxygen atoms in total. The molecule has 1 N–H and O–H groups in total. The molecule has 8 heteroatoms. The van der Waals surface area contributed by atoms with Crippen LogP contribution in [0.3, 0.4) is 0 Å². The number of rotatable bonds is 5. The molecule has 4 rings (SSSR count). The van der Waals surface area contributed by atoms with Crippen LogP contribution in [0.4, 0.5) is 10.1 Å². The molecule has 2 aromatic rings. The van der Waals surface area contributed by atoms with E-state index in [1.165, 1.54) is 35.5 Å². The van der Waals surface area contributed by atoms with Crippen molar-refractivity contribution in [2.24, 2.45) is 9.98 Å². The summed E-state index contributed by atoms with van der Waals surface area (Å²) in [5.74, 6) is -0.543. The van der Waals surface area contributed by atoms with Crippen LogP contribution in [0.15, 0.2) is 52.4 Å². The minimum Gasteiger partial charge on any atom is -0.325 e. The van der Waals surface area contributed by atoms with Crippen molar-refractivity contribution in [3.05, 3.63) is 64.4 Å². The van der Waals surface area contributed by atoms with Gasteiger partial charge in [0.05, 0.1) is 16.5 Å². The third kappa shape index (κ3) is 5.22. The number of halogens is 2. The molecule has 1 amide bonds. The molecule has 168 valence electrons. The molecule has 0 bridgehead atoms. The largest absolute Gasteiger partial charge is 0.325 e. The number of hydrogen-bond donors (Lipinski definition) is 1. The molecule has 1 spiro atoms. The highest BCUT2D eigenvalue weighted by molar-refractivity contribution is 8.16. The van der Waals surface area contributed by atoms with Crippen molar-refractivity contribution in [1.29, 1.82) is 0 Å². The van der Waals surface area contributed by atoms with Gasteiger partial charge in [0.1, 0.15) is 10.9 Å². The maximum atomic E-state index is 13.4. The molecule has 32 heavy (non-hydrogen) atoms. The van der Waals surface area contributed by atoms with Crippen molar-refractivity contribution in [2.45, 2.75) is 32.4 Å². The maximum Gasteiger partial charge on any atom is 0.234 e. The van der Waals surface area contributed by atoms with Gasteiger partial charge in [0, 0.05) is 37.2 Å². The number of piperidine rings is 1. The van der Waals surface area contributed by atoms with Crippen LogP contribution in [0.2, 0.25) is 5.02 Å². The Hall–Kier alpha value is -2.22. The highest BCUT2D eigenvalue weighted by Crippen LogP contribution is 2.35. The van der Waals surface area contributed by atoms with Crippen LogP contribution in [0.5, 0.6) is 0 Å². The number of nitrogens with one attached hydrogen (secondary N) is 1. The lowest BCUT2D eigenvalue weighted by Crippen LogP contribution is -2.41. The molecule has 0 unspecified atom stereocenters.